The van der Waals surface area contributed by atoms with Crippen LogP contribution in [0.5, 0.6) is 0 Å². The molecule has 0 heterocycles. The molecule has 1 saturated carbocycles. The van der Waals surface area contributed by atoms with Gasteiger partial charge in [-0.15, -0.1) is 0 Å². The van der Waals surface area contributed by atoms with Crippen molar-refractivity contribution in [3.05, 3.63) is 39.4 Å². The van der Waals surface area contributed by atoms with Gasteiger partial charge in [-0.05, 0) is 19.4 Å². The van der Waals surface area contributed by atoms with Crippen LogP contribution in [0.15, 0.2) is 18.2 Å². The molecule has 20 heavy (non-hydrogen) atoms. The van der Waals surface area contributed by atoms with Gasteiger partial charge in [0.15, 0.2) is 0 Å². The van der Waals surface area contributed by atoms with E-state index >= 15 is 0 Å². The van der Waals surface area contributed by atoms with Gasteiger partial charge in [-0.1, -0.05) is 19.9 Å². The second kappa shape index (κ2) is 4.86. The number of hydrogen-bond donors (Lipinski definition) is 2. The second-order valence-electron chi connectivity index (χ2n) is 5.86. The van der Waals surface area contributed by atoms with E-state index in [2.05, 4.69) is 5.32 Å². The summed E-state index contributed by atoms with van der Waals surface area (Å²) in [6.07, 6.45) is 0.0762. The van der Waals surface area contributed by atoms with Gasteiger partial charge in [0.05, 0.1) is 11.0 Å². The zero-order valence-corrected chi connectivity index (χ0v) is 11.7. The summed E-state index contributed by atoms with van der Waals surface area (Å²) in [5.41, 5.74) is 0.350. The second-order valence-corrected chi connectivity index (χ2v) is 5.86. The van der Waals surface area contributed by atoms with Crippen LogP contribution in [-0.2, 0) is 0 Å². The molecule has 0 radical (unpaired) electrons. The maximum absolute atomic E-state index is 12.1. The molecule has 2 unspecified atom stereocenters. The molecule has 0 aromatic heterocycles. The Morgan fingerprint density at radius 3 is 2.65 bits per heavy atom. The molecule has 2 N–H and O–H groups in total. The quantitative estimate of drug-likeness (QED) is 0.651. The number of nitro benzene ring substituents is 1. The minimum atomic E-state index is -0.497. The first-order valence-corrected chi connectivity index (χ1v) is 6.47. The summed E-state index contributed by atoms with van der Waals surface area (Å²) < 4.78 is 0. The van der Waals surface area contributed by atoms with Crippen molar-refractivity contribution in [2.45, 2.75) is 39.3 Å². The fourth-order valence-electron chi connectivity index (χ4n) is 2.34. The predicted octanol–water partition coefficient (Wildman–Crippen LogP) is 1.79. The van der Waals surface area contributed by atoms with Crippen molar-refractivity contribution in [3.63, 3.8) is 0 Å². The third-order valence-electron chi connectivity index (χ3n) is 4.19. The normalized spacial score (nSPS) is 23.8. The summed E-state index contributed by atoms with van der Waals surface area (Å²) in [5, 5.41) is 23.3. The average molecular weight is 278 g/mol. The Hall–Kier alpha value is -1.95. The number of carbonyl (C=O) groups excluding carboxylic acids is 1. The van der Waals surface area contributed by atoms with E-state index in [1.165, 1.54) is 6.07 Å². The van der Waals surface area contributed by atoms with Crippen molar-refractivity contribution in [2.24, 2.45) is 5.41 Å². The van der Waals surface area contributed by atoms with Crippen LogP contribution in [0.1, 0.15) is 36.2 Å². The molecule has 1 aliphatic carbocycles. The Morgan fingerprint density at radius 1 is 1.50 bits per heavy atom. The molecule has 1 amide bonds. The summed E-state index contributed by atoms with van der Waals surface area (Å²) in [7, 11) is 0. The molecule has 108 valence electrons. The molecule has 2 rings (SSSR count). The number of aliphatic hydroxyl groups is 1. The molecular formula is C14H18N2O4. The maximum atomic E-state index is 12.1. The minimum absolute atomic E-state index is 0.0643. The van der Waals surface area contributed by atoms with E-state index in [9.17, 15) is 20.0 Å². The Morgan fingerprint density at radius 2 is 2.15 bits per heavy atom. The number of amides is 1. The van der Waals surface area contributed by atoms with Crippen LogP contribution < -0.4 is 5.32 Å². The molecule has 1 aromatic rings. The van der Waals surface area contributed by atoms with Crippen LogP contribution in [-0.4, -0.2) is 28.1 Å². The molecule has 0 aliphatic heterocycles. The Labute approximate surface area is 117 Å². The SMILES string of the molecule is Cc1ccc(C(=O)NC2CC(O)C2(C)C)cc1[N+](=O)[O-]. The van der Waals surface area contributed by atoms with E-state index in [0.29, 0.717) is 12.0 Å². The molecule has 0 saturated heterocycles. The first-order valence-electron chi connectivity index (χ1n) is 6.47. The molecule has 1 aromatic carbocycles. The highest BCUT2D eigenvalue weighted by Gasteiger charge is 2.48. The minimum Gasteiger partial charge on any atom is -0.392 e. The summed E-state index contributed by atoms with van der Waals surface area (Å²) >= 11 is 0. The molecule has 1 aliphatic rings. The zero-order valence-electron chi connectivity index (χ0n) is 11.7. The van der Waals surface area contributed by atoms with Gasteiger partial charge in [-0.3, -0.25) is 14.9 Å². The van der Waals surface area contributed by atoms with E-state index in [4.69, 9.17) is 0 Å². The first kappa shape index (κ1) is 14.5. The van der Waals surface area contributed by atoms with Gasteiger partial charge >= 0.3 is 0 Å². The number of hydrogen-bond acceptors (Lipinski definition) is 4. The topological polar surface area (TPSA) is 92.5 Å². The lowest BCUT2D eigenvalue weighted by atomic mass is 9.64. The number of nitrogens with zero attached hydrogens (tertiary/aromatic N) is 1. The van der Waals surface area contributed by atoms with Gasteiger partial charge < -0.3 is 10.4 Å². The Bertz CT molecular complexity index is 568. The Kier molecular flexibility index (Phi) is 3.52. The standard InChI is InChI=1S/C14H18N2O4/c1-8-4-5-9(6-10(8)16(19)20)13(18)15-11-7-12(17)14(11,2)3/h4-6,11-12,17H,7H2,1-3H3,(H,15,18). The highest BCUT2D eigenvalue weighted by Crippen LogP contribution is 2.40. The molecule has 0 bridgehead atoms. The lowest BCUT2D eigenvalue weighted by Gasteiger charge is -2.49. The molecular weight excluding hydrogens is 260 g/mol. The number of benzene rings is 1. The van der Waals surface area contributed by atoms with Gasteiger partial charge in [0, 0.05) is 28.7 Å². The third-order valence-corrected chi connectivity index (χ3v) is 4.19. The molecule has 0 spiro atoms. The lowest BCUT2D eigenvalue weighted by Crippen LogP contribution is -2.61. The molecule has 6 heteroatoms. The van der Waals surface area contributed by atoms with Crippen molar-refractivity contribution in [3.8, 4) is 0 Å². The first-order chi connectivity index (χ1) is 9.23. The van der Waals surface area contributed by atoms with Gasteiger partial charge in [-0.2, -0.15) is 0 Å². The average Bonchev–Trinajstić information content (AvgIpc) is 2.38. The fourth-order valence-corrected chi connectivity index (χ4v) is 2.34. The van der Waals surface area contributed by atoms with Gasteiger partial charge in [0.1, 0.15) is 0 Å². The summed E-state index contributed by atoms with van der Waals surface area (Å²) in [6.45, 7) is 5.39. The molecule has 6 nitrogen and oxygen atoms in total. The van der Waals surface area contributed by atoms with Crippen molar-refractivity contribution < 1.29 is 14.8 Å². The van der Waals surface area contributed by atoms with Crippen LogP contribution in [0.4, 0.5) is 5.69 Å². The van der Waals surface area contributed by atoms with Crippen LogP contribution in [0.2, 0.25) is 0 Å². The van der Waals surface area contributed by atoms with Crippen molar-refractivity contribution in [2.75, 3.05) is 0 Å². The van der Waals surface area contributed by atoms with Crippen LogP contribution >= 0.6 is 0 Å². The van der Waals surface area contributed by atoms with Gasteiger partial charge in [-0.25, -0.2) is 0 Å². The van der Waals surface area contributed by atoms with Crippen LogP contribution in [0, 0.1) is 22.5 Å². The van der Waals surface area contributed by atoms with E-state index in [-0.39, 0.29) is 28.6 Å². The lowest BCUT2D eigenvalue weighted by molar-refractivity contribution is -0.385. The van der Waals surface area contributed by atoms with E-state index in [1.807, 2.05) is 13.8 Å². The predicted molar refractivity (Wildman–Crippen MR) is 73.5 cm³/mol. The van der Waals surface area contributed by atoms with Crippen LogP contribution in [0.25, 0.3) is 0 Å². The third kappa shape index (κ3) is 2.38. The summed E-state index contributed by atoms with van der Waals surface area (Å²) in [4.78, 5) is 22.5. The Balaban J connectivity index is 2.15. The van der Waals surface area contributed by atoms with Crippen molar-refractivity contribution in [1.82, 2.24) is 5.32 Å². The van der Waals surface area contributed by atoms with Crippen LogP contribution in [0.3, 0.4) is 0 Å². The highest BCUT2D eigenvalue weighted by molar-refractivity contribution is 5.95. The fraction of sp³-hybridized carbons (Fsp3) is 0.500. The van der Waals surface area contributed by atoms with Crippen molar-refractivity contribution in [1.29, 1.82) is 0 Å². The highest BCUT2D eigenvalue weighted by atomic mass is 16.6. The monoisotopic (exact) mass is 278 g/mol. The number of aryl methyl sites for hydroxylation is 1. The summed E-state index contributed by atoms with van der Waals surface area (Å²) in [6, 6.07) is 4.30. The van der Waals surface area contributed by atoms with Gasteiger partial charge in [0.25, 0.3) is 11.6 Å². The number of carbonyl (C=O) groups is 1. The number of aliphatic hydroxyl groups excluding tert-OH is 1. The number of nitro groups is 1. The maximum Gasteiger partial charge on any atom is 0.273 e. The number of rotatable bonds is 3. The van der Waals surface area contributed by atoms with Crippen molar-refractivity contribution >= 4 is 11.6 Å². The number of nitrogens with one attached hydrogen (secondary N) is 1. The van der Waals surface area contributed by atoms with Gasteiger partial charge in [0.2, 0.25) is 0 Å². The van der Waals surface area contributed by atoms with E-state index in [1.54, 1.807) is 19.1 Å². The summed E-state index contributed by atoms with van der Waals surface area (Å²) in [5.74, 6) is -0.349. The molecule has 2 atom stereocenters. The smallest absolute Gasteiger partial charge is 0.273 e. The van der Waals surface area contributed by atoms with E-state index in [0.717, 1.165) is 0 Å². The molecule has 1 fully saturated rings. The van der Waals surface area contributed by atoms with E-state index < -0.39 is 11.0 Å². The largest absolute Gasteiger partial charge is 0.392 e. The zero-order chi connectivity index (χ0) is 15.1.